The Labute approximate surface area is 170 Å². The third-order valence-corrected chi connectivity index (χ3v) is 6.60. The molecule has 6 heteroatoms. The third kappa shape index (κ3) is 3.38. The molecule has 4 heterocycles. The van der Waals surface area contributed by atoms with Gasteiger partial charge in [-0.05, 0) is 74.0 Å². The molecule has 146 valence electrons. The van der Waals surface area contributed by atoms with Crippen LogP contribution in [0.15, 0.2) is 36.5 Å². The number of pyridine rings is 1. The molecule has 0 unspecified atom stereocenters. The second-order valence-corrected chi connectivity index (χ2v) is 8.59. The number of carbonyl (C=O) groups is 1. The van der Waals surface area contributed by atoms with E-state index in [4.69, 9.17) is 16.6 Å². The van der Waals surface area contributed by atoms with Crippen LogP contribution in [0, 0.1) is 0 Å². The van der Waals surface area contributed by atoms with Crippen LogP contribution in [-0.4, -0.2) is 41.5 Å². The Bertz CT molecular complexity index is 877. The van der Waals surface area contributed by atoms with Crippen molar-refractivity contribution < 1.29 is 4.79 Å². The first-order chi connectivity index (χ1) is 13.7. The molecule has 2 aromatic rings. The molecule has 0 aliphatic carbocycles. The topological polar surface area (TPSA) is 48.5 Å². The number of fused-ring (bicyclic) bond motifs is 3. The largest absolute Gasteiger partial charge is 0.343 e. The van der Waals surface area contributed by atoms with Gasteiger partial charge in [0.2, 0.25) is 5.91 Å². The van der Waals surface area contributed by atoms with Crippen LogP contribution in [0.25, 0.3) is 0 Å². The number of aromatic nitrogens is 1. The highest BCUT2D eigenvalue weighted by Crippen LogP contribution is 2.36. The van der Waals surface area contributed by atoms with Gasteiger partial charge in [-0.3, -0.25) is 9.69 Å². The van der Waals surface area contributed by atoms with E-state index in [1.807, 2.05) is 18.3 Å². The van der Waals surface area contributed by atoms with Gasteiger partial charge in [-0.25, -0.2) is 4.98 Å². The Hall–Kier alpha value is -2.11. The van der Waals surface area contributed by atoms with Crippen molar-refractivity contribution in [2.45, 2.75) is 44.2 Å². The van der Waals surface area contributed by atoms with Gasteiger partial charge in [-0.2, -0.15) is 0 Å². The quantitative estimate of drug-likeness (QED) is 0.850. The predicted molar refractivity (Wildman–Crippen MR) is 112 cm³/mol. The first-order valence-electron chi connectivity index (χ1n) is 10.2. The van der Waals surface area contributed by atoms with Crippen molar-refractivity contribution in [2.75, 3.05) is 29.9 Å². The van der Waals surface area contributed by atoms with Gasteiger partial charge in [0, 0.05) is 24.3 Å². The average Bonchev–Trinajstić information content (AvgIpc) is 3.20. The number of carbonyl (C=O) groups excluding carboxylic acids is 1. The number of likely N-dealkylation sites (tertiary alicyclic amines) is 1. The summed E-state index contributed by atoms with van der Waals surface area (Å²) in [4.78, 5) is 21.7. The number of nitrogens with zero attached hydrogens (tertiary/aromatic N) is 3. The lowest BCUT2D eigenvalue weighted by Gasteiger charge is -2.34. The molecule has 2 fully saturated rings. The fourth-order valence-corrected chi connectivity index (χ4v) is 4.96. The number of benzene rings is 1. The van der Waals surface area contributed by atoms with E-state index in [0.717, 1.165) is 68.4 Å². The van der Waals surface area contributed by atoms with Gasteiger partial charge in [0.05, 0.1) is 5.69 Å². The zero-order valence-corrected chi connectivity index (χ0v) is 16.7. The first kappa shape index (κ1) is 18.0. The summed E-state index contributed by atoms with van der Waals surface area (Å²) in [5.41, 5.74) is 3.43. The molecule has 5 rings (SSSR count). The number of halogens is 1. The molecule has 1 aromatic heterocycles. The van der Waals surface area contributed by atoms with Crippen LogP contribution in [0.1, 0.15) is 42.7 Å². The van der Waals surface area contributed by atoms with E-state index in [1.54, 1.807) is 0 Å². The number of hydrogen-bond donors (Lipinski definition) is 1. The Morgan fingerprint density at radius 3 is 2.68 bits per heavy atom. The van der Waals surface area contributed by atoms with Crippen LogP contribution in [0.5, 0.6) is 0 Å². The highest BCUT2D eigenvalue weighted by atomic mass is 35.5. The molecule has 0 saturated carbocycles. The summed E-state index contributed by atoms with van der Waals surface area (Å²) in [6, 6.07) is 10.4. The molecule has 1 atom stereocenters. The lowest BCUT2D eigenvalue weighted by atomic mass is 9.89. The summed E-state index contributed by atoms with van der Waals surface area (Å²) in [5, 5.41) is 3.87. The van der Waals surface area contributed by atoms with Crippen LogP contribution >= 0.6 is 11.6 Å². The maximum Gasteiger partial charge on any atom is 0.247 e. The highest BCUT2D eigenvalue weighted by molar-refractivity contribution is 6.30. The predicted octanol–water partition coefficient (Wildman–Crippen LogP) is 4.04. The number of piperidine rings is 1. The normalized spacial score (nSPS) is 22.7. The number of nitrogens with one attached hydrogen (secondary N) is 1. The van der Waals surface area contributed by atoms with Crippen LogP contribution in [0.3, 0.4) is 0 Å². The van der Waals surface area contributed by atoms with E-state index < -0.39 is 0 Å². The molecule has 1 N–H and O–H groups in total. The maximum absolute atomic E-state index is 12.3. The average molecular weight is 397 g/mol. The van der Waals surface area contributed by atoms with Gasteiger partial charge in [0.25, 0.3) is 0 Å². The lowest BCUT2D eigenvalue weighted by Crippen LogP contribution is -2.44. The second-order valence-electron chi connectivity index (χ2n) is 8.16. The molecule has 0 radical (unpaired) electrons. The minimum absolute atomic E-state index is 0.0299. The molecule has 3 aliphatic heterocycles. The monoisotopic (exact) mass is 396 g/mol. The number of hydrogen-bond acceptors (Lipinski definition) is 4. The summed E-state index contributed by atoms with van der Waals surface area (Å²) in [5.74, 6) is 1.67. The van der Waals surface area contributed by atoms with Crippen molar-refractivity contribution in [1.29, 1.82) is 0 Å². The maximum atomic E-state index is 12.3. The fourth-order valence-electron chi connectivity index (χ4n) is 4.83. The summed E-state index contributed by atoms with van der Waals surface area (Å²) in [6.07, 6.45) is 6.29. The van der Waals surface area contributed by atoms with Crippen molar-refractivity contribution in [1.82, 2.24) is 9.88 Å². The zero-order chi connectivity index (χ0) is 19.1. The van der Waals surface area contributed by atoms with Gasteiger partial charge in [-0.1, -0.05) is 23.7 Å². The van der Waals surface area contributed by atoms with Crippen LogP contribution in [0.2, 0.25) is 5.02 Å². The Morgan fingerprint density at radius 1 is 1.11 bits per heavy atom. The molecule has 1 amide bonds. The van der Waals surface area contributed by atoms with E-state index >= 15 is 0 Å². The van der Waals surface area contributed by atoms with Gasteiger partial charge in [-0.15, -0.1) is 0 Å². The summed E-state index contributed by atoms with van der Waals surface area (Å²) in [7, 11) is 0. The van der Waals surface area contributed by atoms with Gasteiger partial charge >= 0.3 is 0 Å². The summed E-state index contributed by atoms with van der Waals surface area (Å²) < 4.78 is 0. The van der Waals surface area contributed by atoms with Crippen molar-refractivity contribution in [3.63, 3.8) is 0 Å². The second kappa shape index (κ2) is 7.37. The van der Waals surface area contributed by atoms with Crippen LogP contribution < -0.4 is 10.2 Å². The SMILES string of the molecule is O=C1Nc2cc(CN3CCC(c4ccc(Cl)cc4)CC3)cnc2N2CCC[C@H]12. The van der Waals surface area contributed by atoms with Gasteiger partial charge < -0.3 is 10.2 Å². The Balaban J connectivity index is 1.23. The van der Waals surface area contributed by atoms with E-state index in [-0.39, 0.29) is 11.9 Å². The molecule has 28 heavy (non-hydrogen) atoms. The van der Waals surface area contributed by atoms with Crippen molar-refractivity contribution in [3.8, 4) is 0 Å². The Morgan fingerprint density at radius 2 is 1.89 bits per heavy atom. The smallest absolute Gasteiger partial charge is 0.247 e. The summed E-state index contributed by atoms with van der Waals surface area (Å²) in [6.45, 7) is 3.96. The lowest BCUT2D eigenvalue weighted by molar-refractivity contribution is -0.117. The molecule has 2 saturated heterocycles. The van der Waals surface area contributed by atoms with Gasteiger partial charge in [0.1, 0.15) is 6.04 Å². The highest BCUT2D eigenvalue weighted by Gasteiger charge is 2.37. The van der Waals surface area contributed by atoms with E-state index in [1.165, 1.54) is 11.1 Å². The number of rotatable bonds is 3. The molecule has 1 aromatic carbocycles. The van der Waals surface area contributed by atoms with E-state index in [2.05, 4.69) is 33.3 Å². The number of amides is 1. The molecular formula is C22H25ClN4O. The molecule has 5 nitrogen and oxygen atoms in total. The zero-order valence-electron chi connectivity index (χ0n) is 15.9. The molecule has 0 bridgehead atoms. The minimum atomic E-state index is -0.0299. The van der Waals surface area contributed by atoms with Crippen LogP contribution in [-0.2, 0) is 11.3 Å². The van der Waals surface area contributed by atoms with Crippen molar-refractivity contribution in [2.24, 2.45) is 0 Å². The molecule has 3 aliphatic rings. The van der Waals surface area contributed by atoms with E-state index in [0.29, 0.717) is 5.92 Å². The summed E-state index contributed by atoms with van der Waals surface area (Å²) >= 11 is 6.01. The number of anilines is 2. The standard InChI is InChI=1S/C22H25ClN4O/c23-18-5-3-16(4-6-18)17-7-10-26(11-8-17)14-15-12-19-21(24-13-15)27-9-1-2-20(27)22(28)25-19/h3-6,12-13,17,20H,1-2,7-11,14H2,(H,25,28)/t20-/m1/s1. The molecular weight excluding hydrogens is 372 g/mol. The fraction of sp³-hybridized carbons (Fsp3) is 0.455. The third-order valence-electron chi connectivity index (χ3n) is 6.34. The van der Waals surface area contributed by atoms with Crippen molar-refractivity contribution in [3.05, 3.63) is 52.7 Å². The van der Waals surface area contributed by atoms with Gasteiger partial charge in [0.15, 0.2) is 5.82 Å². The van der Waals surface area contributed by atoms with Crippen LogP contribution in [0.4, 0.5) is 11.5 Å². The first-order valence-corrected chi connectivity index (χ1v) is 10.6. The Kier molecular flexibility index (Phi) is 4.73. The van der Waals surface area contributed by atoms with Crippen molar-refractivity contribution >= 4 is 29.0 Å². The van der Waals surface area contributed by atoms with E-state index in [9.17, 15) is 4.79 Å². The minimum Gasteiger partial charge on any atom is -0.343 e. The molecule has 0 spiro atoms.